The molecule has 40 heavy (non-hydrogen) atoms. The summed E-state index contributed by atoms with van der Waals surface area (Å²) in [5.74, 6) is 0.543. The van der Waals surface area contributed by atoms with Gasteiger partial charge in [-0.25, -0.2) is 0 Å². The Bertz CT molecular complexity index is 1240. The summed E-state index contributed by atoms with van der Waals surface area (Å²) in [4.78, 5) is 41.1. The average molecular weight is 581 g/mol. The lowest BCUT2D eigenvalue weighted by Crippen LogP contribution is -2.53. The lowest BCUT2D eigenvalue weighted by molar-refractivity contribution is -0.136. The summed E-state index contributed by atoms with van der Waals surface area (Å²) in [6, 6.07) is 19.6. The lowest BCUT2D eigenvalue weighted by Gasteiger charge is -2.39. The van der Waals surface area contributed by atoms with Gasteiger partial charge in [0, 0.05) is 24.5 Å². The van der Waals surface area contributed by atoms with E-state index in [1.165, 1.54) is 23.1 Å². The van der Waals surface area contributed by atoms with Crippen LogP contribution in [0, 0.1) is 5.41 Å². The van der Waals surface area contributed by atoms with Crippen LogP contribution in [0.3, 0.4) is 0 Å². The minimum atomic E-state index is -0.795. The van der Waals surface area contributed by atoms with Crippen LogP contribution in [-0.4, -0.2) is 48.5 Å². The first-order chi connectivity index (χ1) is 19.4. The van der Waals surface area contributed by atoms with Gasteiger partial charge in [0.15, 0.2) is 0 Å². The van der Waals surface area contributed by atoms with E-state index in [9.17, 15) is 14.4 Å². The maximum absolute atomic E-state index is 14.1. The van der Waals surface area contributed by atoms with Crippen molar-refractivity contribution >= 4 is 45.7 Å². The summed E-state index contributed by atoms with van der Waals surface area (Å²) in [7, 11) is 1.59. The van der Waals surface area contributed by atoms with E-state index in [0.717, 1.165) is 18.4 Å². The van der Waals surface area contributed by atoms with Gasteiger partial charge in [-0.15, -0.1) is 11.3 Å². The normalized spacial score (nSPS) is 19.4. The van der Waals surface area contributed by atoms with E-state index in [2.05, 4.69) is 10.6 Å². The van der Waals surface area contributed by atoms with Gasteiger partial charge in [0.05, 0.1) is 23.5 Å². The molecular weight excluding hydrogens is 544 g/mol. The van der Waals surface area contributed by atoms with Gasteiger partial charge in [0.2, 0.25) is 16.9 Å². The number of thioether (sulfide) groups is 1. The fourth-order valence-electron chi connectivity index (χ4n) is 4.93. The molecule has 0 bridgehead atoms. The first-order valence-corrected chi connectivity index (χ1v) is 15.4. The van der Waals surface area contributed by atoms with E-state index >= 15 is 0 Å². The van der Waals surface area contributed by atoms with Crippen molar-refractivity contribution in [3.8, 4) is 5.75 Å². The van der Waals surface area contributed by atoms with Crippen LogP contribution in [0.2, 0.25) is 0 Å². The highest BCUT2D eigenvalue weighted by molar-refractivity contribution is 8.14. The lowest BCUT2D eigenvalue weighted by atomic mass is 9.73. The standard InChI is InChI=1S/C31H36N2O5S2/c1-3-38-25-15-17-31(18-16-25,21-40-29(35)27-10-7-19-39-27)30(36)33-26(20-22-8-5-4-6-9-22)28(34)32-23-11-13-24(37-2)14-12-23/h4-14,19,25-26H,3,15-18,20-21H2,1-2H3,(H,32,34)(H,33,36)/t25?,26-,31?/m0/s1. The van der Waals surface area contributed by atoms with E-state index in [1.807, 2.05) is 48.7 Å². The predicted molar refractivity (Wildman–Crippen MR) is 161 cm³/mol. The number of rotatable bonds is 12. The molecule has 2 amide bonds. The Balaban J connectivity index is 1.53. The van der Waals surface area contributed by atoms with Gasteiger partial charge in [0.1, 0.15) is 11.8 Å². The summed E-state index contributed by atoms with van der Waals surface area (Å²) >= 11 is 2.58. The number of carbonyl (C=O) groups is 3. The molecule has 1 fully saturated rings. The van der Waals surface area contributed by atoms with Crippen molar-refractivity contribution in [3.05, 3.63) is 82.6 Å². The minimum absolute atomic E-state index is 0.0350. The van der Waals surface area contributed by atoms with E-state index in [-0.39, 0.29) is 23.0 Å². The number of anilines is 1. The van der Waals surface area contributed by atoms with Crippen molar-refractivity contribution in [2.45, 2.75) is 51.2 Å². The SMILES string of the molecule is CCOC1CCC(CSC(=O)c2cccs2)(C(=O)N[C@@H](Cc2ccccc2)C(=O)Nc2ccc(OC)cc2)CC1. The van der Waals surface area contributed by atoms with Gasteiger partial charge >= 0.3 is 0 Å². The Labute approximate surface area is 244 Å². The number of hydrogen-bond donors (Lipinski definition) is 2. The number of methoxy groups -OCH3 is 1. The zero-order valence-corrected chi connectivity index (χ0v) is 24.5. The van der Waals surface area contributed by atoms with Crippen LogP contribution in [0.1, 0.15) is 47.8 Å². The Morgan fingerprint density at radius 3 is 2.38 bits per heavy atom. The molecule has 1 aliphatic rings. The van der Waals surface area contributed by atoms with Crippen LogP contribution in [0.15, 0.2) is 72.1 Å². The molecule has 1 saturated carbocycles. The Morgan fingerprint density at radius 2 is 1.75 bits per heavy atom. The minimum Gasteiger partial charge on any atom is -0.497 e. The highest BCUT2D eigenvalue weighted by Gasteiger charge is 2.43. The summed E-state index contributed by atoms with van der Waals surface area (Å²) in [6.07, 6.45) is 3.08. The van der Waals surface area contributed by atoms with Crippen LogP contribution in [0.4, 0.5) is 5.69 Å². The molecule has 212 valence electrons. The number of nitrogens with one attached hydrogen (secondary N) is 2. The van der Waals surface area contributed by atoms with E-state index in [4.69, 9.17) is 9.47 Å². The topological polar surface area (TPSA) is 93.7 Å². The van der Waals surface area contributed by atoms with Crippen molar-refractivity contribution in [3.63, 3.8) is 0 Å². The van der Waals surface area contributed by atoms with Gasteiger partial charge < -0.3 is 20.1 Å². The second-order valence-electron chi connectivity index (χ2n) is 9.92. The molecule has 0 unspecified atom stereocenters. The number of thiophene rings is 1. The molecule has 4 rings (SSSR count). The number of carbonyl (C=O) groups excluding carboxylic acids is 3. The molecule has 0 aliphatic heterocycles. The third kappa shape index (κ3) is 7.96. The summed E-state index contributed by atoms with van der Waals surface area (Å²) in [6.45, 7) is 2.60. The Morgan fingerprint density at radius 1 is 1.02 bits per heavy atom. The van der Waals surface area contributed by atoms with Gasteiger partial charge in [-0.05, 0) is 73.9 Å². The Kier molecular flexibility index (Phi) is 10.8. The molecule has 1 heterocycles. The Hall–Kier alpha value is -3.14. The zero-order chi connectivity index (χ0) is 28.4. The van der Waals surface area contributed by atoms with Gasteiger partial charge in [-0.3, -0.25) is 14.4 Å². The molecule has 7 nitrogen and oxygen atoms in total. The molecule has 0 spiro atoms. The van der Waals surface area contributed by atoms with E-state index in [0.29, 0.717) is 47.9 Å². The molecule has 1 aromatic heterocycles. The van der Waals surface area contributed by atoms with Gasteiger partial charge in [-0.1, -0.05) is 48.2 Å². The molecule has 2 N–H and O–H groups in total. The fraction of sp³-hybridized carbons (Fsp3) is 0.387. The quantitative estimate of drug-likeness (QED) is 0.275. The molecule has 1 aliphatic carbocycles. The maximum Gasteiger partial charge on any atom is 0.247 e. The van der Waals surface area contributed by atoms with Gasteiger partial charge in [0.25, 0.3) is 0 Å². The molecule has 2 aromatic carbocycles. The average Bonchev–Trinajstić information content (AvgIpc) is 3.53. The summed E-state index contributed by atoms with van der Waals surface area (Å²) in [5.41, 5.74) is 0.775. The van der Waals surface area contributed by atoms with Crippen LogP contribution in [0.25, 0.3) is 0 Å². The van der Waals surface area contributed by atoms with Crippen molar-refractivity contribution in [2.75, 3.05) is 24.8 Å². The van der Waals surface area contributed by atoms with Crippen molar-refractivity contribution in [1.82, 2.24) is 5.32 Å². The van der Waals surface area contributed by atoms with Crippen LogP contribution < -0.4 is 15.4 Å². The highest BCUT2D eigenvalue weighted by Crippen LogP contribution is 2.41. The third-order valence-electron chi connectivity index (χ3n) is 7.24. The smallest absolute Gasteiger partial charge is 0.247 e. The molecule has 0 saturated heterocycles. The molecule has 0 radical (unpaired) electrons. The first kappa shape index (κ1) is 29.8. The fourth-order valence-corrected chi connectivity index (χ4v) is 6.84. The maximum atomic E-state index is 14.1. The van der Waals surface area contributed by atoms with Gasteiger partial charge in [-0.2, -0.15) is 0 Å². The molecular formula is C31H36N2O5S2. The zero-order valence-electron chi connectivity index (χ0n) is 22.9. The predicted octanol–water partition coefficient (Wildman–Crippen LogP) is 5.96. The van der Waals surface area contributed by atoms with Crippen LogP contribution >= 0.6 is 23.1 Å². The van der Waals surface area contributed by atoms with E-state index in [1.54, 1.807) is 37.4 Å². The van der Waals surface area contributed by atoms with Crippen LogP contribution in [0.5, 0.6) is 5.75 Å². The largest absolute Gasteiger partial charge is 0.497 e. The van der Waals surface area contributed by atoms with Crippen molar-refractivity contribution in [1.29, 1.82) is 0 Å². The van der Waals surface area contributed by atoms with Crippen LogP contribution in [-0.2, 0) is 20.7 Å². The monoisotopic (exact) mass is 580 g/mol. The number of hydrogen-bond acceptors (Lipinski definition) is 7. The molecule has 3 aromatic rings. The van der Waals surface area contributed by atoms with E-state index < -0.39 is 11.5 Å². The number of amides is 2. The molecule has 9 heteroatoms. The second kappa shape index (κ2) is 14.5. The third-order valence-corrected chi connectivity index (χ3v) is 9.41. The number of ether oxygens (including phenoxy) is 2. The first-order valence-electron chi connectivity index (χ1n) is 13.5. The second-order valence-corrected chi connectivity index (χ2v) is 11.8. The van der Waals surface area contributed by atoms with Crippen molar-refractivity contribution in [2.24, 2.45) is 5.41 Å². The molecule has 1 atom stereocenters. The van der Waals surface area contributed by atoms with Crippen molar-refractivity contribution < 1.29 is 23.9 Å². The summed E-state index contributed by atoms with van der Waals surface area (Å²) < 4.78 is 11.1. The summed E-state index contributed by atoms with van der Waals surface area (Å²) in [5, 5.41) is 7.86. The highest BCUT2D eigenvalue weighted by atomic mass is 32.2. The number of benzene rings is 2.